The second-order valence-corrected chi connectivity index (χ2v) is 7.05. The van der Waals surface area contributed by atoms with Crippen LogP contribution in [0.4, 0.5) is 0 Å². The fourth-order valence-corrected chi connectivity index (χ4v) is 3.90. The van der Waals surface area contributed by atoms with E-state index in [1.54, 1.807) is 11.3 Å². The Morgan fingerprint density at radius 1 is 1.56 bits per heavy atom. The highest BCUT2D eigenvalue weighted by molar-refractivity contribution is 9.11. The summed E-state index contributed by atoms with van der Waals surface area (Å²) in [5, 5.41) is 4.06. The van der Waals surface area contributed by atoms with E-state index in [1.807, 2.05) is 6.92 Å². The zero-order chi connectivity index (χ0) is 12.5. The number of hydrogen-bond donors (Lipinski definition) is 0. The molecule has 6 heteroatoms. The Hall–Kier alpha value is -0.720. The monoisotopic (exact) mass is 327 g/mol. The van der Waals surface area contributed by atoms with Gasteiger partial charge in [-0.15, -0.1) is 11.3 Å². The molecule has 0 saturated carbocycles. The minimum atomic E-state index is 0.309. The van der Waals surface area contributed by atoms with E-state index >= 15 is 0 Å². The summed E-state index contributed by atoms with van der Waals surface area (Å²) in [5.41, 5.74) is 0. The number of halogens is 1. The first-order valence-corrected chi connectivity index (χ1v) is 7.62. The summed E-state index contributed by atoms with van der Waals surface area (Å²) in [6.45, 7) is 3.91. The molecule has 4 nitrogen and oxygen atoms in total. The Morgan fingerprint density at radius 3 is 3.11 bits per heavy atom. The molecule has 3 rings (SSSR count). The third-order valence-corrected chi connectivity index (χ3v) is 4.80. The maximum absolute atomic E-state index is 5.09. The van der Waals surface area contributed by atoms with Gasteiger partial charge in [-0.1, -0.05) is 5.16 Å². The molecule has 18 heavy (non-hydrogen) atoms. The molecule has 0 bridgehead atoms. The van der Waals surface area contributed by atoms with Crippen molar-refractivity contribution in [1.82, 2.24) is 15.0 Å². The largest absolute Gasteiger partial charge is 0.340 e. The third kappa shape index (κ3) is 2.50. The molecule has 0 N–H and O–H groups in total. The Kier molecular flexibility index (Phi) is 3.50. The second-order valence-electron chi connectivity index (χ2n) is 4.51. The molecule has 3 heterocycles. The Bertz CT molecular complexity index is 539. The summed E-state index contributed by atoms with van der Waals surface area (Å²) in [5.74, 6) is 1.48. The lowest BCUT2D eigenvalue weighted by Gasteiger charge is -2.20. The average molecular weight is 328 g/mol. The molecular weight excluding hydrogens is 314 g/mol. The summed E-state index contributed by atoms with van der Waals surface area (Å²) in [4.78, 5) is 8.17. The second kappa shape index (κ2) is 5.11. The van der Waals surface area contributed by atoms with E-state index in [1.165, 1.54) is 15.1 Å². The van der Waals surface area contributed by atoms with Crippen LogP contribution >= 0.6 is 27.3 Å². The molecule has 96 valence electrons. The predicted octanol–water partition coefficient (Wildman–Crippen LogP) is 3.54. The van der Waals surface area contributed by atoms with Gasteiger partial charge in [0.1, 0.15) is 0 Å². The zero-order valence-corrected chi connectivity index (χ0v) is 12.5. The van der Waals surface area contributed by atoms with Gasteiger partial charge in [0.15, 0.2) is 5.82 Å². The maximum Gasteiger partial charge on any atom is 0.223 e. The number of aromatic nitrogens is 2. The molecule has 1 atom stereocenters. The Labute approximate surface area is 118 Å². The third-order valence-electron chi connectivity index (χ3n) is 3.19. The van der Waals surface area contributed by atoms with E-state index in [0.29, 0.717) is 11.9 Å². The number of nitrogens with zero attached hydrogens (tertiary/aromatic N) is 3. The lowest BCUT2D eigenvalue weighted by atomic mass is 10.2. The van der Waals surface area contributed by atoms with Crippen molar-refractivity contribution in [3.63, 3.8) is 0 Å². The molecule has 0 radical (unpaired) electrons. The highest BCUT2D eigenvalue weighted by Crippen LogP contribution is 2.33. The first-order chi connectivity index (χ1) is 8.72. The summed E-state index contributed by atoms with van der Waals surface area (Å²) in [6, 6.07) is 4.58. The molecule has 0 unspecified atom stereocenters. The van der Waals surface area contributed by atoms with Crippen LogP contribution in [0.1, 0.15) is 35.5 Å². The van der Waals surface area contributed by atoms with Gasteiger partial charge in [0, 0.05) is 18.3 Å². The van der Waals surface area contributed by atoms with E-state index in [0.717, 1.165) is 25.3 Å². The van der Waals surface area contributed by atoms with Crippen LogP contribution in [0, 0.1) is 6.92 Å². The van der Waals surface area contributed by atoms with Crippen LogP contribution in [0.2, 0.25) is 0 Å². The van der Waals surface area contributed by atoms with Crippen LogP contribution in [0.5, 0.6) is 0 Å². The number of aryl methyl sites for hydroxylation is 1. The van der Waals surface area contributed by atoms with Crippen molar-refractivity contribution >= 4 is 27.3 Å². The van der Waals surface area contributed by atoms with E-state index in [4.69, 9.17) is 4.52 Å². The van der Waals surface area contributed by atoms with Crippen LogP contribution in [0.15, 0.2) is 20.4 Å². The molecule has 1 saturated heterocycles. The standard InChI is InChI=1S/C12H14BrN3OS/c1-8-14-12(15-17-8)10-3-2-6-16(10)7-9-4-5-11(13)18-9/h4-5,10H,2-3,6-7H2,1H3/t10-/m1/s1. The van der Waals surface area contributed by atoms with Gasteiger partial charge in [-0.3, -0.25) is 4.90 Å². The Balaban J connectivity index is 1.75. The van der Waals surface area contributed by atoms with Crippen LogP contribution in [-0.4, -0.2) is 21.6 Å². The number of rotatable bonds is 3. The molecule has 0 amide bonds. The normalized spacial score (nSPS) is 20.7. The number of thiophene rings is 1. The molecule has 2 aromatic heterocycles. The smallest absolute Gasteiger partial charge is 0.223 e. The van der Waals surface area contributed by atoms with E-state index in [9.17, 15) is 0 Å². The lowest BCUT2D eigenvalue weighted by Crippen LogP contribution is -2.23. The fraction of sp³-hybridized carbons (Fsp3) is 0.500. The van der Waals surface area contributed by atoms with Gasteiger partial charge in [-0.25, -0.2) is 0 Å². The summed E-state index contributed by atoms with van der Waals surface area (Å²) in [6.07, 6.45) is 2.32. The van der Waals surface area contributed by atoms with Crippen molar-refractivity contribution in [3.8, 4) is 0 Å². The van der Waals surface area contributed by atoms with Crippen molar-refractivity contribution in [1.29, 1.82) is 0 Å². The van der Waals surface area contributed by atoms with Gasteiger partial charge in [-0.05, 0) is 47.4 Å². The van der Waals surface area contributed by atoms with Crippen molar-refractivity contribution in [3.05, 3.63) is 32.5 Å². The molecule has 1 aliphatic rings. The van der Waals surface area contributed by atoms with Crippen molar-refractivity contribution < 1.29 is 4.52 Å². The van der Waals surface area contributed by atoms with Gasteiger partial charge in [0.2, 0.25) is 5.89 Å². The highest BCUT2D eigenvalue weighted by Gasteiger charge is 2.29. The van der Waals surface area contributed by atoms with Crippen LogP contribution in [0.3, 0.4) is 0 Å². The van der Waals surface area contributed by atoms with Gasteiger partial charge in [-0.2, -0.15) is 4.98 Å². The van der Waals surface area contributed by atoms with Crippen molar-refractivity contribution in [2.45, 2.75) is 32.4 Å². The van der Waals surface area contributed by atoms with E-state index in [2.05, 4.69) is 43.1 Å². The van der Waals surface area contributed by atoms with E-state index < -0.39 is 0 Å². The molecule has 0 aromatic carbocycles. The average Bonchev–Trinajstić information content (AvgIpc) is 3.01. The van der Waals surface area contributed by atoms with Crippen LogP contribution < -0.4 is 0 Å². The SMILES string of the molecule is Cc1nc([C@H]2CCCN2Cc2ccc(Br)s2)no1. The van der Waals surface area contributed by atoms with Crippen LogP contribution in [-0.2, 0) is 6.54 Å². The molecule has 2 aromatic rings. The minimum Gasteiger partial charge on any atom is -0.340 e. The summed E-state index contributed by atoms with van der Waals surface area (Å²) in [7, 11) is 0. The van der Waals surface area contributed by atoms with Gasteiger partial charge in [0.25, 0.3) is 0 Å². The number of hydrogen-bond acceptors (Lipinski definition) is 5. The number of likely N-dealkylation sites (tertiary alicyclic amines) is 1. The van der Waals surface area contributed by atoms with Gasteiger partial charge >= 0.3 is 0 Å². The molecule has 0 aliphatic carbocycles. The Morgan fingerprint density at radius 2 is 2.44 bits per heavy atom. The van der Waals surface area contributed by atoms with Gasteiger partial charge in [0.05, 0.1) is 9.83 Å². The first-order valence-electron chi connectivity index (χ1n) is 6.01. The predicted molar refractivity (Wildman–Crippen MR) is 73.4 cm³/mol. The van der Waals surface area contributed by atoms with E-state index in [-0.39, 0.29) is 0 Å². The topological polar surface area (TPSA) is 42.2 Å². The first kappa shape index (κ1) is 12.3. The zero-order valence-electron chi connectivity index (χ0n) is 10.1. The quantitative estimate of drug-likeness (QED) is 0.864. The van der Waals surface area contributed by atoms with Gasteiger partial charge < -0.3 is 4.52 Å². The summed E-state index contributed by atoms with van der Waals surface area (Å²) >= 11 is 5.29. The molecule has 1 aliphatic heterocycles. The van der Waals surface area contributed by atoms with Crippen molar-refractivity contribution in [2.24, 2.45) is 0 Å². The van der Waals surface area contributed by atoms with Crippen molar-refractivity contribution in [2.75, 3.05) is 6.54 Å². The fourth-order valence-electron chi connectivity index (χ4n) is 2.39. The molecule has 1 fully saturated rings. The molecule has 0 spiro atoms. The molecular formula is C12H14BrN3OS. The highest BCUT2D eigenvalue weighted by atomic mass is 79.9. The lowest BCUT2D eigenvalue weighted by molar-refractivity contribution is 0.236. The van der Waals surface area contributed by atoms with Crippen LogP contribution in [0.25, 0.3) is 0 Å². The minimum absolute atomic E-state index is 0.309. The summed E-state index contributed by atoms with van der Waals surface area (Å²) < 4.78 is 6.27. The maximum atomic E-state index is 5.09.